The summed E-state index contributed by atoms with van der Waals surface area (Å²) in [6.07, 6.45) is 6.57. The fourth-order valence-electron chi connectivity index (χ4n) is 6.31. The van der Waals surface area contributed by atoms with Crippen LogP contribution in [0.15, 0.2) is 47.4 Å². The summed E-state index contributed by atoms with van der Waals surface area (Å²) in [6.45, 7) is 8.05. The van der Waals surface area contributed by atoms with Gasteiger partial charge in [-0.2, -0.15) is 4.31 Å². The van der Waals surface area contributed by atoms with E-state index in [2.05, 4.69) is 5.32 Å². The Hall–Kier alpha value is -2.99. The molecule has 2 aromatic carbocycles. The predicted octanol–water partition coefficient (Wildman–Crippen LogP) is 5.63. The quantitative estimate of drug-likeness (QED) is 0.373. The van der Waals surface area contributed by atoms with E-state index in [1.807, 2.05) is 20.8 Å². The molecule has 10 nitrogen and oxygen atoms in total. The molecule has 2 N–H and O–H groups in total. The van der Waals surface area contributed by atoms with Crippen molar-refractivity contribution in [3.05, 3.63) is 53.6 Å². The summed E-state index contributed by atoms with van der Waals surface area (Å²) in [4.78, 5) is 29.3. The van der Waals surface area contributed by atoms with Crippen molar-refractivity contribution in [2.24, 2.45) is 11.8 Å². The number of amides is 2. The van der Waals surface area contributed by atoms with Crippen molar-refractivity contribution >= 4 is 27.5 Å². The first kappa shape index (κ1) is 36.8. The predicted molar refractivity (Wildman–Crippen MR) is 183 cm³/mol. The fourth-order valence-corrected chi connectivity index (χ4v) is 7.50. The maximum atomic E-state index is 14.4. The lowest BCUT2D eigenvalue weighted by molar-refractivity contribution is -0.120. The van der Waals surface area contributed by atoms with Gasteiger partial charge in [0, 0.05) is 44.3 Å². The minimum absolute atomic E-state index is 0.0359. The van der Waals surface area contributed by atoms with Gasteiger partial charge in [-0.25, -0.2) is 8.42 Å². The number of ether oxygens (including phenoxy) is 2. The molecule has 260 valence electrons. The third-order valence-corrected chi connectivity index (χ3v) is 11.3. The van der Waals surface area contributed by atoms with Crippen LogP contribution in [0.25, 0.3) is 0 Å². The average molecular weight is 672 g/mol. The minimum atomic E-state index is -3.77. The number of sulfonamides is 1. The molecule has 1 aliphatic heterocycles. The fraction of sp³-hybridized carbons (Fsp3) is 0.611. The third kappa shape index (κ3) is 9.78. The van der Waals surface area contributed by atoms with E-state index in [4.69, 9.17) is 9.47 Å². The lowest BCUT2D eigenvalue weighted by Crippen LogP contribution is -2.48. The number of hydrogen-bond acceptors (Lipinski definition) is 7. The Bertz CT molecular complexity index is 1440. The molecule has 1 heterocycles. The molecule has 1 fully saturated rings. The lowest BCUT2D eigenvalue weighted by atomic mass is 9.88. The Morgan fingerprint density at radius 3 is 2.40 bits per heavy atom. The van der Waals surface area contributed by atoms with Gasteiger partial charge in [-0.3, -0.25) is 9.59 Å². The maximum absolute atomic E-state index is 14.4. The largest absolute Gasteiger partial charge is 0.490 e. The van der Waals surface area contributed by atoms with Crippen LogP contribution in [-0.2, 0) is 19.6 Å². The number of likely N-dealkylation sites (N-methyl/N-ethyl adjacent to an activating group) is 1. The van der Waals surface area contributed by atoms with E-state index in [1.165, 1.54) is 4.31 Å². The molecule has 4 rings (SSSR count). The van der Waals surface area contributed by atoms with Crippen LogP contribution in [0, 0.1) is 18.8 Å². The van der Waals surface area contributed by atoms with Gasteiger partial charge in [-0.05, 0) is 83.2 Å². The second-order valence-electron chi connectivity index (χ2n) is 13.4. The molecule has 0 saturated heterocycles. The van der Waals surface area contributed by atoms with Crippen LogP contribution in [0.5, 0.6) is 5.75 Å². The number of nitrogens with one attached hydrogen (secondary N) is 1. The minimum Gasteiger partial charge on any atom is -0.490 e. The van der Waals surface area contributed by atoms with Crippen LogP contribution in [0.1, 0.15) is 88.1 Å². The van der Waals surface area contributed by atoms with Crippen LogP contribution < -0.4 is 10.1 Å². The normalized spacial score (nSPS) is 23.0. The van der Waals surface area contributed by atoms with E-state index in [1.54, 1.807) is 61.3 Å². The van der Waals surface area contributed by atoms with Crippen LogP contribution in [0.3, 0.4) is 0 Å². The number of nitrogens with zero attached hydrogens (tertiary/aromatic N) is 2. The molecule has 2 aliphatic rings. The van der Waals surface area contributed by atoms with Crippen LogP contribution in [0.2, 0.25) is 0 Å². The molecule has 1 aliphatic carbocycles. The van der Waals surface area contributed by atoms with Gasteiger partial charge in [0.25, 0.3) is 5.91 Å². The number of carbonyl (C=O) groups excluding carboxylic acids is 2. The highest BCUT2D eigenvalue weighted by Crippen LogP contribution is 2.30. The highest BCUT2D eigenvalue weighted by molar-refractivity contribution is 7.89. The molecule has 1 saturated carbocycles. The summed E-state index contributed by atoms with van der Waals surface area (Å²) >= 11 is 0. The molecule has 0 aromatic heterocycles. The number of aryl methyl sites for hydroxylation is 1. The number of carbonyl (C=O) groups is 2. The summed E-state index contributed by atoms with van der Waals surface area (Å²) < 4.78 is 40.9. The molecule has 11 heteroatoms. The van der Waals surface area contributed by atoms with E-state index in [0.29, 0.717) is 23.6 Å². The Morgan fingerprint density at radius 2 is 1.72 bits per heavy atom. The molecule has 2 aromatic rings. The first-order valence-electron chi connectivity index (χ1n) is 17.1. The zero-order chi connectivity index (χ0) is 34.1. The van der Waals surface area contributed by atoms with Crippen LogP contribution >= 0.6 is 0 Å². The van der Waals surface area contributed by atoms with Crippen molar-refractivity contribution in [2.45, 2.75) is 102 Å². The van der Waals surface area contributed by atoms with Crippen LogP contribution in [-0.4, -0.2) is 86.1 Å². The van der Waals surface area contributed by atoms with E-state index >= 15 is 0 Å². The number of anilines is 1. The molecule has 47 heavy (non-hydrogen) atoms. The third-order valence-electron chi connectivity index (χ3n) is 9.46. The van der Waals surface area contributed by atoms with Crippen molar-refractivity contribution in [2.75, 3.05) is 38.7 Å². The zero-order valence-electron chi connectivity index (χ0n) is 28.6. The lowest BCUT2D eigenvalue weighted by Gasteiger charge is -2.35. The first-order chi connectivity index (χ1) is 22.4. The average Bonchev–Trinajstić information content (AvgIpc) is 3.06. The zero-order valence-corrected chi connectivity index (χ0v) is 29.4. The summed E-state index contributed by atoms with van der Waals surface area (Å²) in [7, 11) is -2.22. The van der Waals surface area contributed by atoms with Crippen molar-refractivity contribution in [3.63, 3.8) is 0 Å². The summed E-state index contributed by atoms with van der Waals surface area (Å²) in [5.41, 5.74) is 1.80. The van der Waals surface area contributed by atoms with E-state index in [9.17, 15) is 23.1 Å². The van der Waals surface area contributed by atoms with Gasteiger partial charge in [-0.1, -0.05) is 43.9 Å². The SMILES string of the molecule is Cc1ccc(S(=O)(=O)N(C)C[C@H]2OCCCC[C@@H](C)Oc3ccc(NC(=O)C4CCCCC4)cc3C(=O)N([C@H](C)CO)C[C@H]2C)cc1. The molecule has 0 radical (unpaired) electrons. The first-order valence-corrected chi connectivity index (χ1v) is 18.5. The second kappa shape index (κ2) is 16.9. The Kier molecular flexibility index (Phi) is 13.2. The smallest absolute Gasteiger partial charge is 0.258 e. The molecule has 4 atom stereocenters. The van der Waals surface area contributed by atoms with Gasteiger partial charge in [0.1, 0.15) is 5.75 Å². The molecular weight excluding hydrogens is 618 g/mol. The standard InChI is InChI=1S/C36H53N3O7S/c1-25-14-17-31(18-15-25)47(43,44)38(5)23-34-26(2)22-39(27(3)24-40)36(42)32-21-30(37-35(41)29-12-7-6-8-13-29)16-19-33(32)46-28(4)11-9-10-20-45-34/h14-19,21,26-29,34,40H,6-13,20,22-24H2,1-5H3,(H,37,41)/t26-,27-,28-,34-/m1/s1. The van der Waals surface area contributed by atoms with Crippen molar-refractivity contribution in [3.8, 4) is 5.75 Å². The number of benzene rings is 2. The van der Waals surface area contributed by atoms with E-state index in [0.717, 1.165) is 56.9 Å². The number of rotatable bonds is 8. The van der Waals surface area contributed by atoms with Gasteiger partial charge < -0.3 is 24.8 Å². The number of aliphatic hydroxyl groups is 1. The maximum Gasteiger partial charge on any atom is 0.258 e. The van der Waals surface area contributed by atoms with Gasteiger partial charge in [-0.15, -0.1) is 0 Å². The highest BCUT2D eigenvalue weighted by atomic mass is 32.2. The molecular formula is C36H53N3O7S. The van der Waals surface area contributed by atoms with Crippen molar-refractivity contribution in [1.82, 2.24) is 9.21 Å². The van der Waals surface area contributed by atoms with Crippen LogP contribution in [0.4, 0.5) is 5.69 Å². The molecule has 0 spiro atoms. The summed E-state index contributed by atoms with van der Waals surface area (Å²) in [6, 6.07) is 11.4. The van der Waals surface area contributed by atoms with Gasteiger partial charge in [0.05, 0.1) is 35.3 Å². The van der Waals surface area contributed by atoms with Gasteiger partial charge in [0.15, 0.2) is 0 Å². The second-order valence-corrected chi connectivity index (χ2v) is 15.5. The molecule has 0 unspecified atom stereocenters. The highest BCUT2D eigenvalue weighted by Gasteiger charge is 2.32. The van der Waals surface area contributed by atoms with Gasteiger partial charge in [0.2, 0.25) is 15.9 Å². The van der Waals surface area contributed by atoms with Crippen molar-refractivity contribution in [1.29, 1.82) is 0 Å². The van der Waals surface area contributed by atoms with E-state index in [-0.39, 0.29) is 54.3 Å². The number of hydrogen-bond donors (Lipinski definition) is 2. The summed E-state index contributed by atoms with van der Waals surface area (Å²) in [5, 5.41) is 13.3. The molecule has 2 amide bonds. The Balaban J connectivity index is 1.62. The summed E-state index contributed by atoms with van der Waals surface area (Å²) in [5.74, 6) is -0.281. The Morgan fingerprint density at radius 1 is 1.04 bits per heavy atom. The number of aliphatic hydroxyl groups excluding tert-OH is 1. The Labute approximate surface area is 280 Å². The number of fused-ring (bicyclic) bond motifs is 1. The topological polar surface area (TPSA) is 125 Å². The molecule has 0 bridgehead atoms. The van der Waals surface area contributed by atoms with E-state index < -0.39 is 22.2 Å². The van der Waals surface area contributed by atoms with Crippen molar-refractivity contribution < 1.29 is 32.6 Å². The monoisotopic (exact) mass is 671 g/mol. The van der Waals surface area contributed by atoms with Gasteiger partial charge >= 0.3 is 0 Å².